The summed E-state index contributed by atoms with van der Waals surface area (Å²) in [5.41, 5.74) is 1.81. The molecule has 5 nitrogen and oxygen atoms in total. The van der Waals surface area contributed by atoms with Gasteiger partial charge in [0.2, 0.25) is 5.91 Å². The summed E-state index contributed by atoms with van der Waals surface area (Å²) >= 11 is 12.1. The highest BCUT2D eigenvalue weighted by atomic mass is 35.5. The number of aryl methyl sites for hydroxylation is 1. The van der Waals surface area contributed by atoms with Gasteiger partial charge in [-0.2, -0.15) is 0 Å². The molecule has 1 atom stereocenters. The molecule has 150 valence electrons. The zero-order valence-electron chi connectivity index (χ0n) is 16.2. The highest BCUT2D eigenvalue weighted by Crippen LogP contribution is 2.24. The van der Waals surface area contributed by atoms with Crippen molar-refractivity contribution in [2.24, 2.45) is 0 Å². The lowest BCUT2D eigenvalue weighted by Gasteiger charge is -2.30. The van der Waals surface area contributed by atoms with E-state index >= 15 is 0 Å². The van der Waals surface area contributed by atoms with Crippen molar-refractivity contribution < 1.29 is 14.3 Å². The van der Waals surface area contributed by atoms with Crippen LogP contribution in [0.4, 0.5) is 0 Å². The van der Waals surface area contributed by atoms with Crippen molar-refractivity contribution in [2.45, 2.75) is 32.9 Å². The molecule has 0 fully saturated rings. The van der Waals surface area contributed by atoms with E-state index in [1.807, 2.05) is 32.0 Å². The summed E-state index contributed by atoms with van der Waals surface area (Å²) in [5.74, 6) is 0.0883. The summed E-state index contributed by atoms with van der Waals surface area (Å²) in [6.45, 7) is 3.86. The predicted molar refractivity (Wildman–Crippen MR) is 112 cm³/mol. The number of halogens is 2. The van der Waals surface area contributed by atoms with Gasteiger partial charge in [-0.15, -0.1) is 0 Å². The van der Waals surface area contributed by atoms with E-state index in [0.29, 0.717) is 22.2 Å². The molecule has 0 aliphatic heterocycles. The molecule has 7 heteroatoms. The lowest BCUT2D eigenvalue weighted by atomic mass is 10.1. The Morgan fingerprint density at radius 1 is 1.14 bits per heavy atom. The van der Waals surface area contributed by atoms with Gasteiger partial charge in [0, 0.05) is 13.6 Å². The second-order valence-electron chi connectivity index (χ2n) is 6.41. The van der Waals surface area contributed by atoms with Crippen LogP contribution < -0.4 is 10.1 Å². The highest BCUT2D eigenvalue weighted by molar-refractivity contribution is 6.42. The molecule has 0 aromatic heterocycles. The van der Waals surface area contributed by atoms with Crippen molar-refractivity contribution in [1.29, 1.82) is 0 Å². The minimum Gasteiger partial charge on any atom is -0.484 e. The van der Waals surface area contributed by atoms with E-state index in [4.69, 9.17) is 27.9 Å². The van der Waals surface area contributed by atoms with Crippen LogP contribution in [0.15, 0.2) is 42.5 Å². The van der Waals surface area contributed by atoms with Gasteiger partial charge >= 0.3 is 0 Å². The normalized spacial score (nSPS) is 11.6. The van der Waals surface area contributed by atoms with Crippen LogP contribution in [0, 0.1) is 6.92 Å². The Balaban J connectivity index is 2.21. The van der Waals surface area contributed by atoms with Gasteiger partial charge in [-0.1, -0.05) is 48.3 Å². The topological polar surface area (TPSA) is 58.6 Å². The van der Waals surface area contributed by atoms with Crippen molar-refractivity contribution in [3.05, 3.63) is 63.6 Å². The number of carbonyl (C=O) groups is 2. The first-order chi connectivity index (χ1) is 13.3. The smallest absolute Gasteiger partial charge is 0.261 e. The molecular formula is C21H24Cl2N2O3. The second-order valence-corrected chi connectivity index (χ2v) is 7.23. The third-order valence-electron chi connectivity index (χ3n) is 4.32. The maximum absolute atomic E-state index is 12.9. The lowest BCUT2D eigenvalue weighted by Crippen LogP contribution is -2.49. The lowest BCUT2D eigenvalue weighted by molar-refractivity contribution is -0.142. The van der Waals surface area contributed by atoms with Crippen LogP contribution in [-0.4, -0.2) is 36.4 Å². The van der Waals surface area contributed by atoms with E-state index in [-0.39, 0.29) is 25.0 Å². The van der Waals surface area contributed by atoms with Crippen molar-refractivity contribution >= 4 is 35.0 Å². The third kappa shape index (κ3) is 5.88. The van der Waals surface area contributed by atoms with Gasteiger partial charge in [0.05, 0.1) is 10.0 Å². The van der Waals surface area contributed by atoms with Crippen molar-refractivity contribution in [3.8, 4) is 5.75 Å². The van der Waals surface area contributed by atoms with Gasteiger partial charge in [0.1, 0.15) is 11.8 Å². The van der Waals surface area contributed by atoms with E-state index in [9.17, 15) is 9.59 Å². The van der Waals surface area contributed by atoms with Crippen molar-refractivity contribution in [2.75, 3.05) is 13.7 Å². The molecule has 0 saturated carbocycles. The number of ether oxygens (including phenoxy) is 1. The van der Waals surface area contributed by atoms with Gasteiger partial charge < -0.3 is 15.0 Å². The SMILES string of the molecule is CC[C@H](C(=O)NC)N(Cc1ccc(Cl)c(Cl)c1)C(=O)COc1cccc(C)c1. The summed E-state index contributed by atoms with van der Waals surface area (Å²) in [6, 6.07) is 12.0. The van der Waals surface area contributed by atoms with Crippen LogP contribution in [0.5, 0.6) is 5.75 Å². The first-order valence-electron chi connectivity index (χ1n) is 9.00. The summed E-state index contributed by atoms with van der Waals surface area (Å²) in [6.07, 6.45) is 0.469. The molecule has 0 aliphatic rings. The van der Waals surface area contributed by atoms with Gasteiger partial charge in [0.15, 0.2) is 6.61 Å². The molecule has 0 radical (unpaired) electrons. The van der Waals surface area contributed by atoms with Gasteiger partial charge in [-0.3, -0.25) is 9.59 Å². The first-order valence-corrected chi connectivity index (χ1v) is 9.75. The van der Waals surface area contributed by atoms with Crippen molar-refractivity contribution in [3.63, 3.8) is 0 Å². The summed E-state index contributed by atoms with van der Waals surface area (Å²) < 4.78 is 5.65. The molecule has 2 rings (SSSR count). The zero-order chi connectivity index (χ0) is 20.7. The molecule has 2 amide bonds. The predicted octanol–water partition coefficient (Wildman–Crippen LogP) is 4.23. The van der Waals surface area contributed by atoms with Gasteiger partial charge in [-0.05, 0) is 48.7 Å². The number of nitrogens with one attached hydrogen (secondary N) is 1. The maximum Gasteiger partial charge on any atom is 0.261 e. The van der Waals surface area contributed by atoms with Crippen LogP contribution in [0.25, 0.3) is 0 Å². The Bertz CT molecular complexity index is 842. The number of nitrogens with zero attached hydrogens (tertiary/aromatic N) is 1. The van der Waals surface area contributed by atoms with E-state index in [1.54, 1.807) is 31.3 Å². The Labute approximate surface area is 175 Å². The second kappa shape index (κ2) is 10.3. The number of hydrogen-bond acceptors (Lipinski definition) is 3. The average Bonchev–Trinajstić information content (AvgIpc) is 2.68. The van der Waals surface area contributed by atoms with Crippen LogP contribution >= 0.6 is 23.2 Å². The molecule has 0 bridgehead atoms. The number of rotatable bonds is 8. The molecule has 28 heavy (non-hydrogen) atoms. The number of carbonyl (C=O) groups excluding carboxylic acids is 2. The van der Waals surface area contributed by atoms with Crippen LogP contribution in [-0.2, 0) is 16.1 Å². The van der Waals surface area contributed by atoms with Gasteiger partial charge in [0.25, 0.3) is 5.91 Å². The Kier molecular flexibility index (Phi) is 8.15. The Hall–Kier alpha value is -2.24. The zero-order valence-corrected chi connectivity index (χ0v) is 17.7. The van der Waals surface area contributed by atoms with E-state index in [2.05, 4.69) is 5.32 Å². The maximum atomic E-state index is 12.9. The average molecular weight is 423 g/mol. The molecule has 2 aromatic carbocycles. The summed E-state index contributed by atoms with van der Waals surface area (Å²) in [4.78, 5) is 26.8. The third-order valence-corrected chi connectivity index (χ3v) is 5.06. The molecule has 0 spiro atoms. The fraction of sp³-hybridized carbons (Fsp3) is 0.333. The molecule has 2 aromatic rings. The quantitative estimate of drug-likeness (QED) is 0.691. The van der Waals surface area contributed by atoms with E-state index in [0.717, 1.165) is 11.1 Å². The Morgan fingerprint density at radius 3 is 2.50 bits per heavy atom. The minimum absolute atomic E-state index is 0.168. The van der Waals surface area contributed by atoms with Gasteiger partial charge in [-0.25, -0.2) is 0 Å². The monoisotopic (exact) mass is 422 g/mol. The minimum atomic E-state index is -0.618. The number of benzene rings is 2. The van der Waals surface area contributed by atoms with Crippen LogP contribution in [0.1, 0.15) is 24.5 Å². The van der Waals surface area contributed by atoms with Crippen LogP contribution in [0.2, 0.25) is 10.0 Å². The summed E-state index contributed by atoms with van der Waals surface area (Å²) in [7, 11) is 1.55. The number of hydrogen-bond donors (Lipinski definition) is 1. The molecule has 1 N–H and O–H groups in total. The van der Waals surface area contributed by atoms with Crippen molar-refractivity contribution in [1.82, 2.24) is 10.2 Å². The Morgan fingerprint density at radius 2 is 1.89 bits per heavy atom. The fourth-order valence-corrected chi connectivity index (χ4v) is 3.17. The summed E-state index contributed by atoms with van der Waals surface area (Å²) in [5, 5.41) is 3.45. The molecule has 0 saturated heterocycles. The molecular weight excluding hydrogens is 399 g/mol. The number of amides is 2. The number of likely N-dealkylation sites (N-methyl/N-ethyl adjacent to an activating group) is 1. The van der Waals surface area contributed by atoms with E-state index in [1.165, 1.54) is 4.90 Å². The molecule has 0 heterocycles. The first kappa shape index (κ1) is 22.1. The fourth-order valence-electron chi connectivity index (χ4n) is 2.85. The standard InChI is InChI=1S/C21H24Cl2N2O3/c1-4-19(21(27)24-3)25(12-15-8-9-17(22)18(23)11-15)20(26)13-28-16-7-5-6-14(2)10-16/h5-11,19H,4,12-13H2,1-3H3,(H,24,27)/t19-/m1/s1. The molecule has 0 unspecified atom stereocenters. The highest BCUT2D eigenvalue weighted by Gasteiger charge is 2.28. The molecule has 0 aliphatic carbocycles. The van der Waals surface area contributed by atoms with E-state index < -0.39 is 6.04 Å². The van der Waals surface area contributed by atoms with Crippen LogP contribution in [0.3, 0.4) is 0 Å². The largest absolute Gasteiger partial charge is 0.484 e.